The molecule has 1 aromatic carbocycles. The van der Waals surface area contributed by atoms with Crippen LogP contribution in [0, 0.1) is 6.08 Å². The van der Waals surface area contributed by atoms with Crippen LogP contribution >= 0.6 is 0 Å². The van der Waals surface area contributed by atoms with Crippen molar-refractivity contribution in [2.24, 2.45) is 0 Å². The van der Waals surface area contributed by atoms with Crippen molar-refractivity contribution in [3.63, 3.8) is 0 Å². The van der Waals surface area contributed by atoms with Crippen molar-refractivity contribution < 1.29 is 0 Å². The van der Waals surface area contributed by atoms with Gasteiger partial charge in [-0.1, -0.05) is 64.5 Å². The van der Waals surface area contributed by atoms with Gasteiger partial charge in [0.25, 0.3) is 0 Å². The quantitative estimate of drug-likeness (QED) is 0.676. The average Bonchev–Trinajstić information content (AvgIpc) is 2.18. The Labute approximate surface area is 94.0 Å². The van der Waals surface area contributed by atoms with E-state index >= 15 is 0 Å². The van der Waals surface area contributed by atoms with E-state index in [1.807, 2.05) is 0 Å². The number of rotatable bonds is 3. The minimum atomic E-state index is 0.242. The predicted octanol–water partition coefficient (Wildman–Crippen LogP) is 4.49. The fourth-order valence-corrected chi connectivity index (χ4v) is 1.40. The fourth-order valence-electron chi connectivity index (χ4n) is 1.40. The van der Waals surface area contributed by atoms with E-state index in [1.165, 1.54) is 17.5 Å². The topological polar surface area (TPSA) is 0 Å². The monoisotopic (exact) mass is 201 g/mol. The molecule has 1 aromatic rings. The normalized spacial score (nSPS) is 12.3. The maximum atomic E-state index is 3.30. The summed E-state index contributed by atoms with van der Waals surface area (Å²) in [6.45, 7) is 8.89. The molecule has 0 spiro atoms. The molecule has 0 aliphatic heterocycles. The zero-order valence-electron chi connectivity index (χ0n) is 10.3. The van der Waals surface area contributed by atoms with E-state index < -0.39 is 0 Å². The summed E-state index contributed by atoms with van der Waals surface area (Å²) in [5, 5.41) is 0. The Balaban J connectivity index is 2.73. The Bertz CT molecular complexity index is 309. The molecular formula is C15H21. The van der Waals surface area contributed by atoms with Gasteiger partial charge in [0.2, 0.25) is 0 Å². The molecule has 0 saturated carbocycles. The molecule has 0 aromatic heterocycles. The van der Waals surface area contributed by atoms with Crippen molar-refractivity contribution in [3.05, 3.63) is 47.5 Å². The van der Waals surface area contributed by atoms with Crippen molar-refractivity contribution in [3.8, 4) is 0 Å². The highest BCUT2D eigenvalue weighted by Gasteiger charge is 2.12. The summed E-state index contributed by atoms with van der Waals surface area (Å²) in [6, 6.07) is 8.68. The largest absolute Gasteiger partial charge is 0.0761 e. The smallest absolute Gasteiger partial charge is 0.0132 e. The Hall–Kier alpha value is -1.04. The molecule has 0 aliphatic rings. The second-order valence-corrected chi connectivity index (χ2v) is 4.96. The van der Waals surface area contributed by atoms with Crippen molar-refractivity contribution in [2.45, 2.75) is 46.0 Å². The molecule has 0 amide bonds. The SMILES string of the molecule is CCC/C=[C]\c1ccc(C(C)(C)C)cc1. The summed E-state index contributed by atoms with van der Waals surface area (Å²) in [5.41, 5.74) is 2.80. The standard InChI is InChI=1S/C15H21/c1-5-6-7-8-13-9-11-14(12-10-13)15(2,3)4/h7,9-12H,5-6H2,1-4H3. The molecule has 0 fully saturated rings. The van der Waals surface area contributed by atoms with Gasteiger partial charge in [-0.3, -0.25) is 0 Å². The number of unbranched alkanes of at least 4 members (excludes halogenated alkanes) is 1. The zero-order valence-corrected chi connectivity index (χ0v) is 10.3. The summed E-state index contributed by atoms with van der Waals surface area (Å²) in [5.74, 6) is 0. The van der Waals surface area contributed by atoms with Gasteiger partial charge < -0.3 is 0 Å². The van der Waals surface area contributed by atoms with Crippen molar-refractivity contribution >= 4 is 0 Å². The van der Waals surface area contributed by atoms with E-state index in [-0.39, 0.29) is 5.41 Å². The zero-order chi connectivity index (χ0) is 11.3. The van der Waals surface area contributed by atoms with Crippen molar-refractivity contribution in [1.82, 2.24) is 0 Å². The molecule has 0 aliphatic carbocycles. The summed E-state index contributed by atoms with van der Waals surface area (Å²) >= 11 is 0. The van der Waals surface area contributed by atoms with Crippen molar-refractivity contribution in [2.75, 3.05) is 0 Å². The second-order valence-electron chi connectivity index (χ2n) is 4.96. The third-order valence-electron chi connectivity index (χ3n) is 2.45. The van der Waals surface area contributed by atoms with E-state index in [2.05, 4.69) is 64.1 Å². The molecule has 0 heteroatoms. The van der Waals surface area contributed by atoms with Gasteiger partial charge in [0.05, 0.1) is 0 Å². The molecule has 1 radical (unpaired) electrons. The van der Waals surface area contributed by atoms with Gasteiger partial charge in [0.1, 0.15) is 0 Å². The van der Waals surface area contributed by atoms with Crippen LogP contribution in [0.15, 0.2) is 30.3 Å². The minimum absolute atomic E-state index is 0.242. The van der Waals surface area contributed by atoms with E-state index in [1.54, 1.807) is 0 Å². The summed E-state index contributed by atoms with van der Waals surface area (Å²) in [4.78, 5) is 0. The van der Waals surface area contributed by atoms with Gasteiger partial charge in [0, 0.05) is 0 Å². The lowest BCUT2D eigenvalue weighted by Crippen LogP contribution is -2.10. The van der Waals surface area contributed by atoms with Crippen LogP contribution in [0.1, 0.15) is 51.7 Å². The van der Waals surface area contributed by atoms with Crippen molar-refractivity contribution in [1.29, 1.82) is 0 Å². The highest BCUT2D eigenvalue weighted by atomic mass is 14.2. The molecule has 0 saturated heterocycles. The van der Waals surface area contributed by atoms with Gasteiger partial charge >= 0.3 is 0 Å². The Morgan fingerprint density at radius 1 is 1.13 bits per heavy atom. The van der Waals surface area contributed by atoms with Gasteiger partial charge in [-0.2, -0.15) is 0 Å². The molecule has 0 atom stereocenters. The number of hydrogen-bond donors (Lipinski definition) is 0. The first-order valence-corrected chi connectivity index (χ1v) is 5.73. The van der Waals surface area contributed by atoms with E-state index in [0.717, 1.165) is 6.42 Å². The molecular weight excluding hydrogens is 180 g/mol. The lowest BCUT2D eigenvalue weighted by molar-refractivity contribution is 0.590. The molecule has 81 valence electrons. The maximum absolute atomic E-state index is 3.30. The van der Waals surface area contributed by atoms with E-state index in [0.29, 0.717) is 0 Å². The van der Waals surface area contributed by atoms with Crippen LogP contribution in [-0.2, 0) is 5.41 Å². The lowest BCUT2D eigenvalue weighted by atomic mass is 9.87. The van der Waals surface area contributed by atoms with Gasteiger partial charge in [0.15, 0.2) is 0 Å². The fraction of sp³-hybridized carbons (Fsp3) is 0.467. The first-order chi connectivity index (χ1) is 7.04. The van der Waals surface area contributed by atoms with Crippen LogP contribution < -0.4 is 0 Å². The van der Waals surface area contributed by atoms with Crippen LogP contribution in [0.2, 0.25) is 0 Å². The average molecular weight is 201 g/mol. The van der Waals surface area contributed by atoms with Crippen LogP contribution in [0.3, 0.4) is 0 Å². The summed E-state index contributed by atoms with van der Waals surface area (Å²) in [7, 11) is 0. The summed E-state index contributed by atoms with van der Waals surface area (Å²) < 4.78 is 0. The first kappa shape index (κ1) is 12.0. The second kappa shape index (κ2) is 5.16. The molecule has 15 heavy (non-hydrogen) atoms. The van der Waals surface area contributed by atoms with E-state index in [9.17, 15) is 0 Å². The Morgan fingerprint density at radius 3 is 2.20 bits per heavy atom. The maximum Gasteiger partial charge on any atom is -0.0132 e. The molecule has 0 nitrogen and oxygen atoms in total. The van der Waals surface area contributed by atoms with Gasteiger partial charge in [-0.25, -0.2) is 0 Å². The molecule has 0 unspecified atom stereocenters. The number of allylic oxidation sites excluding steroid dienone is 1. The van der Waals surface area contributed by atoms with Crippen LogP contribution in [0.5, 0.6) is 0 Å². The Morgan fingerprint density at radius 2 is 1.73 bits per heavy atom. The highest BCUT2D eigenvalue weighted by Crippen LogP contribution is 2.22. The third kappa shape index (κ3) is 3.91. The Kier molecular flexibility index (Phi) is 4.14. The van der Waals surface area contributed by atoms with Crippen LogP contribution in [0.25, 0.3) is 0 Å². The summed E-state index contributed by atoms with van der Waals surface area (Å²) in [6.07, 6.45) is 7.72. The molecule has 0 heterocycles. The first-order valence-electron chi connectivity index (χ1n) is 5.73. The third-order valence-corrected chi connectivity index (χ3v) is 2.45. The lowest BCUT2D eigenvalue weighted by Gasteiger charge is -2.18. The van der Waals surface area contributed by atoms with E-state index in [4.69, 9.17) is 0 Å². The van der Waals surface area contributed by atoms with Crippen LogP contribution in [0.4, 0.5) is 0 Å². The highest BCUT2D eigenvalue weighted by molar-refractivity contribution is 5.30. The molecule has 0 N–H and O–H groups in total. The van der Waals surface area contributed by atoms with Gasteiger partial charge in [-0.15, -0.1) is 0 Å². The van der Waals surface area contributed by atoms with Gasteiger partial charge in [-0.05, 0) is 29.0 Å². The van der Waals surface area contributed by atoms with Crippen LogP contribution in [-0.4, -0.2) is 0 Å². The molecule has 0 bridgehead atoms. The number of hydrogen-bond acceptors (Lipinski definition) is 0. The molecule has 1 rings (SSSR count). The predicted molar refractivity (Wildman–Crippen MR) is 67.0 cm³/mol. The minimum Gasteiger partial charge on any atom is -0.0761 e. The number of benzene rings is 1.